The van der Waals surface area contributed by atoms with Crippen LogP contribution < -0.4 is 9.03 Å². The van der Waals surface area contributed by atoms with Gasteiger partial charge >= 0.3 is 0 Å². The molecule has 2 aromatic rings. The highest BCUT2D eigenvalue weighted by molar-refractivity contribution is 7.92. The molecule has 0 amide bonds. The van der Waals surface area contributed by atoms with Crippen molar-refractivity contribution >= 4 is 31.4 Å². The van der Waals surface area contributed by atoms with Crippen molar-refractivity contribution < 1.29 is 16.8 Å². The van der Waals surface area contributed by atoms with E-state index in [1.807, 2.05) is 26.0 Å². The summed E-state index contributed by atoms with van der Waals surface area (Å²) in [6, 6.07) is 13.0. The second-order valence-corrected chi connectivity index (χ2v) is 9.84. The third-order valence-corrected chi connectivity index (χ3v) is 6.15. The first-order chi connectivity index (χ1) is 11.5. The molecular weight excluding hydrogens is 360 g/mol. The van der Waals surface area contributed by atoms with Gasteiger partial charge in [-0.3, -0.25) is 9.03 Å². The van der Waals surface area contributed by atoms with Crippen LogP contribution in [0.5, 0.6) is 0 Å². The minimum atomic E-state index is -3.69. The predicted molar refractivity (Wildman–Crippen MR) is 101 cm³/mol. The molecule has 136 valence electrons. The molecule has 0 unspecified atom stereocenters. The molecule has 0 bridgehead atoms. The van der Waals surface area contributed by atoms with Crippen LogP contribution in [-0.2, 0) is 20.0 Å². The van der Waals surface area contributed by atoms with E-state index < -0.39 is 20.0 Å². The van der Waals surface area contributed by atoms with Crippen LogP contribution in [0, 0.1) is 0 Å². The van der Waals surface area contributed by atoms with Gasteiger partial charge in [0.2, 0.25) is 10.0 Å². The fourth-order valence-electron chi connectivity index (χ4n) is 2.28. The van der Waals surface area contributed by atoms with Gasteiger partial charge in [0, 0.05) is 12.7 Å². The number of benzene rings is 2. The number of rotatable bonds is 6. The normalized spacial score (nSPS) is 12.2. The molecule has 2 rings (SSSR count). The lowest BCUT2D eigenvalue weighted by atomic mass is 10.0. The van der Waals surface area contributed by atoms with Gasteiger partial charge in [0.05, 0.1) is 16.8 Å². The largest absolute Gasteiger partial charge is 0.284 e. The summed E-state index contributed by atoms with van der Waals surface area (Å²) in [6.45, 7) is 4.09. The maximum Gasteiger partial charge on any atom is 0.264 e. The fraction of sp³-hybridized carbons (Fsp3) is 0.294. The lowest BCUT2D eigenvalue weighted by Gasteiger charge is -2.20. The summed E-state index contributed by atoms with van der Waals surface area (Å²) < 4.78 is 51.4. The van der Waals surface area contributed by atoms with Crippen molar-refractivity contribution in [3.63, 3.8) is 0 Å². The third-order valence-electron chi connectivity index (χ3n) is 3.74. The summed E-state index contributed by atoms with van der Waals surface area (Å²) in [7, 11) is -5.60. The van der Waals surface area contributed by atoms with Gasteiger partial charge in [-0.25, -0.2) is 16.8 Å². The van der Waals surface area contributed by atoms with Crippen molar-refractivity contribution in [2.24, 2.45) is 0 Å². The maximum atomic E-state index is 12.7. The van der Waals surface area contributed by atoms with Gasteiger partial charge < -0.3 is 0 Å². The Labute approximate surface area is 149 Å². The molecule has 0 aliphatic carbocycles. The van der Waals surface area contributed by atoms with Crippen LogP contribution in [0.1, 0.15) is 25.3 Å². The molecule has 0 heterocycles. The van der Waals surface area contributed by atoms with E-state index in [-0.39, 0.29) is 4.90 Å². The van der Waals surface area contributed by atoms with Crippen molar-refractivity contribution in [2.75, 3.05) is 22.3 Å². The van der Waals surface area contributed by atoms with E-state index in [1.54, 1.807) is 24.3 Å². The second-order valence-electron chi connectivity index (χ2n) is 6.12. The maximum absolute atomic E-state index is 12.7. The van der Waals surface area contributed by atoms with Crippen molar-refractivity contribution in [2.45, 2.75) is 24.7 Å². The molecule has 2 aromatic carbocycles. The van der Waals surface area contributed by atoms with Gasteiger partial charge in [-0.15, -0.1) is 0 Å². The highest BCUT2D eigenvalue weighted by Gasteiger charge is 2.21. The zero-order valence-electron chi connectivity index (χ0n) is 14.6. The van der Waals surface area contributed by atoms with Crippen LogP contribution in [0.4, 0.5) is 11.4 Å². The SMILES string of the molecule is CC(C)c1ccc(S(=O)(=O)N(C)c2ccc(NS(C)(=O)=O)cc2)cc1. The summed E-state index contributed by atoms with van der Waals surface area (Å²) in [5.41, 5.74) is 1.88. The van der Waals surface area contributed by atoms with E-state index in [0.717, 1.165) is 11.8 Å². The number of nitrogens with zero attached hydrogens (tertiary/aromatic N) is 1. The Balaban J connectivity index is 2.27. The van der Waals surface area contributed by atoms with Gasteiger partial charge in [-0.05, 0) is 47.9 Å². The minimum Gasteiger partial charge on any atom is -0.284 e. The quantitative estimate of drug-likeness (QED) is 0.832. The molecule has 6 nitrogen and oxygen atoms in total. The van der Waals surface area contributed by atoms with Gasteiger partial charge in [-0.2, -0.15) is 0 Å². The molecule has 0 saturated carbocycles. The number of hydrogen-bond donors (Lipinski definition) is 1. The highest BCUT2D eigenvalue weighted by atomic mass is 32.2. The Morgan fingerprint density at radius 1 is 0.880 bits per heavy atom. The molecule has 8 heteroatoms. The molecule has 0 aliphatic rings. The van der Waals surface area contributed by atoms with Crippen molar-refractivity contribution in [1.82, 2.24) is 0 Å². The van der Waals surface area contributed by atoms with E-state index in [1.165, 1.54) is 23.5 Å². The Hall–Kier alpha value is -2.06. The van der Waals surface area contributed by atoms with E-state index in [2.05, 4.69) is 4.72 Å². The number of nitrogens with one attached hydrogen (secondary N) is 1. The topological polar surface area (TPSA) is 83.6 Å². The lowest BCUT2D eigenvalue weighted by molar-refractivity contribution is 0.594. The van der Waals surface area contributed by atoms with Crippen LogP contribution in [0.2, 0.25) is 0 Å². The summed E-state index contributed by atoms with van der Waals surface area (Å²) >= 11 is 0. The first-order valence-corrected chi connectivity index (χ1v) is 11.0. The first kappa shape index (κ1) is 19.3. The molecule has 0 aliphatic heterocycles. The average Bonchev–Trinajstić information content (AvgIpc) is 2.53. The van der Waals surface area contributed by atoms with Crippen molar-refractivity contribution in [3.05, 3.63) is 54.1 Å². The Kier molecular flexibility index (Phi) is 5.43. The summed E-state index contributed by atoms with van der Waals surface area (Å²) in [6.07, 6.45) is 1.05. The van der Waals surface area contributed by atoms with E-state index in [0.29, 0.717) is 17.3 Å². The first-order valence-electron chi connectivity index (χ1n) is 7.67. The van der Waals surface area contributed by atoms with E-state index in [4.69, 9.17) is 0 Å². The Bertz CT molecular complexity index is 933. The van der Waals surface area contributed by atoms with Gasteiger partial charge in [0.25, 0.3) is 10.0 Å². The average molecular weight is 383 g/mol. The van der Waals surface area contributed by atoms with Crippen LogP contribution in [-0.4, -0.2) is 30.1 Å². The number of sulfonamides is 2. The number of anilines is 2. The molecular formula is C17H22N2O4S2. The molecule has 0 saturated heterocycles. The zero-order chi connectivity index (χ0) is 18.8. The molecule has 25 heavy (non-hydrogen) atoms. The molecule has 0 atom stereocenters. The van der Waals surface area contributed by atoms with Gasteiger partial charge in [0.15, 0.2) is 0 Å². The third kappa shape index (κ3) is 4.73. The van der Waals surface area contributed by atoms with E-state index in [9.17, 15) is 16.8 Å². The highest BCUT2D eigenvalue weighted by Crippen LogP contribution is 2.25. The fourth-order valence-corrected chi connectivity index (χ4v) is 4.03. The van der Waals surface area contributed by atoms with Crippen molar-refractivity contribution in [3.8, 4) is 0 Å². The van der Waals surface area contributed by atoms with Crippen LogP contribution in [0.25, 0.3) is 0 Å². The summed E-state index contributed by atoms with van der Waals surface area (Å²) in [5, 5.41) is 0. The Morgan fingerprint density at radius 2 is 1.40 bits per heavy atom. The van der Waals surface area contributed by atoms with Crippen LogP contribution in [0.3, 0.4) is 0 Å². The second kappa shape index (κ2) is 7.05. The molecule has 0 spiro atoms. The van der Waals surface area contributed by atoms with Gasteiger partial charge in [0.1, 0.15) is 0 Å². The smallest absolute Gasteiger partial charge is 0.264 e. The predicted octanol–water partition coefficient (Wildman–Crippen LogP) is 3.01. The van der Waals surface area contributed by atoms with Gasteiger partial charge in [-0.1, -0.05) is 26.0 Å². The van der Waals surface area contributed by atoms with Crippen LogP contribution >= 0.6 is 0 Å². The van der Waals surface area contributed by atoms with Crippen molar-refractivity contribution in [1.29, 1.82) is 0 Å². The molecule has 0 radical (unpaired) electrons. The monoisotopic (exact) mass is 382 g/mol. The minimum absolute atomic E-state index is 0.206. The standard InChI is InChI=1S/C17H22N2O4S2/c1-13(2)14-5-11-17(12-6-14)25(22,23)19(3)16-9-7-15(8-10-16)18-24(4,20)21/h5-13,18H,1-4H3. The molecule has 0 fully saturated rings. The zero-order valence-corrected chi connectivity index (χ0v) is 16.2. The summed E-state index contributed by atoms with van der Waals surface area (Å²) in [4.78, 5) is 0.206. The number of hydrogen-bond acceptors (Lipinski definition) is 4. The molecule has 1 N–H and O–H groups in total. The Morgan fingerprint density at radius 3 is 1.84 bits per heavy atom. The van der Waals surface area contributed by atoms with E-state index >= 15 is 0 Å². The summed E-state index contributed by atoms with van der Waals surface area (Å²) in [5.74, 6) is 0.323. The lowest BCUT2D eigenvalue weighted by Crippen LogP contribution is -2.26. The van der Waals surface area contributed by atoms with Crippen LogP contribution in [0.15, 0.2) is 53.4 Å². The molecule has 0 aromatic heterocycles.